The van der Waals surface area contributed by atoms with Gasteiger partial charge in [-0.15, -0.1) is 0 Å². The number of nitrogens with zero attached hydrogens (tertiary/aromatic N) is 1. The molecule has 126 valence electrons. The van der Waals surface area contributed by atoms with E-state index >= 15 is 0 Å². The summed E-state index contributed by atoms with van der Waals surface area (Å²) in [5, 5.41) is 0. The Morgan fingerprint density at radius 1 is 1.26 bits per heavy atom. The molecular weight excluding hydrogens is 417 g/mol. The molecule has 0 saturated heterocycles. The van der Waals surface area contributed by atoms with Gasteiger partial charge < -0.3 is 9.16 Å². The molecule has 1 aliphatic carbocycles. The van der Waals surface area contributed by atoms with Gasteiger partial charge in [0.15, 0.2) is 5.88 Å². The molecular formula is C18H26INO2Si. The first-order valence-electron chi connectivity index (χ1n) is 8.22. The number of hydrogen-bond acceptors (Lipinski definition) is 3. The summed E-state index contributed by atoms with van der Waals surface area (Å²) in [6, 6.07) is 6.20. The second-order valence-electron chi connectivity index (χ2n) is 6.93. The van der Waals surface area contributed by atoms with Crippen molar-refractivity contribution in [2.75, 3.05) is 0 Å². The normalized spacial score (nSPS) is 16.5. The zero-order valence-corrected chi connectivity index (χ0v) is 17.4. The second kappa shape index (κ2) is 8.33. The highest BCUT2D eigenvalue weighted by molar-refractivity contribution is 14.1. The third kappa shape index (κ3) is 6.67. The first-order valence-corrected chi connectivity index (χ1v) is 12.7. The van der Waals surface area contributed by atoms with Crippen LogP contribution in [0, 0.1) is 3.57 Å². The Bertz CT molecular complexity index is 575. The van der Waals surface area contributed by atoms with Crippen LogP contribution in [-0.2, 0) is 4.43 Å². The van der Waals surface area contributed by atoms with Crippen molar-refractivity contribution in [3.05, 3.63) is 39.8 Å². The largest absolute Gasteiger partial charge is 0.532 e. The van der Waals surface area contributed by atoms with E-state index in [-0.39, 0.29) is 0 Å². The molecule has 0 amide bonds. The van der Waals surface area contributed by atoms with Crippen LogP contribution in [0.25, 0.3) is 0 Å². The van der Waals surface area contributed by atoms with Gasteiger partial charge in [0.1, 0.15) is 5.75 Å². The quantitative estimate of drug-likeness (QED) is 0.243. The van der Waals surface area contributed by atoms with Gasteiger partial charge in [-0.1, -0.05) is 6.42 Å². The number of rotatable bonds is 6. The lowest BCUT2D eigenvalue weighted by molar-refractivity contribution is 0.155. The van der Waals surface area contributed by atoms with Crippen LogP contribution in [0.5, 0.6) is 5.75 Å². The van der Waals surface area contributed by atoms with Gasteiger partial charge in [-0.3, -0.25) is 0 Å². The van der Waals surface area contributed by atoms with Gasteiger partial charge >= 0.3 is 0 Å². The molecule has 0 aliphatic heterocycles. The zero-order valence-electron chi connectivity index (χ0n) is 14.3. The summed E-state index contributed by atoms with van der Waals surface area (Å²) >= 11 is 2.31. The van der Waals surface area contributed by atoms with Crippen LogP contribution in [0.15, 0.2) is 35.7 Å². The molecule has 0 bridgehead atoms. The Hall–Kier alpha value is -0.823. The van der Waals surface area contributed by atoms with Crippen LogP contribution in [0.2, 0.25) is 19.6 Å². The summed E-state index contributed by atoms with van der Waals surface area (Å²) in [6.45, 7) is 10.3. The third-order valence-corrected chi connectivity index (χ3v) is 5.11. The zero-order chi connectivity index (χ0) is 16.9. The van der Waals surface area contributed by atoms with Gasteiger partial charge in [0, 0.05) is 15.3 Å². The molecule has 1 aliphatic rings. The van der Waals surface area contributed by atoms with Crippen LogP contribution >= 0.6 is 22.6 Å². The van der Waals surface area contributed by atoms with Crippen LogP contribution in [0.3, 0.4) is 0 Å². The number of halogens is 1. The molecule has 2 rings (SSSR count). The molecule has 0 atom stereocenters. The van der Waals surface area contributed by atoms with Gasteiger partial charge in [0.05, 0.1) is 6.10 Å². The topological polar surface area (TPSA) is 30.8 Å². The third-order valence-electron chi connectivity index (χ3n) is 3.59. The van der Waals surface area contributed by atoms with E-state index in [9.17, 15) is 0 Å². The fourth-order valence-electron chi connectivity index (χ4n) is 2.61. The van der Waals surface area contributed by atoms with Gasteiger partial charge in [-0.25, -0.2) is 4.99 Å². The fraction of sp³-hybridized carbons (Fsp3) is 0.500. The molecule has 5 heteroatoms. The predicted molar refractivity (Wildman–Crippen MR) is 108 cm³/mol. The molecule has 1 aromatic carbocycles. The predicted octanol–water partition coefficient (Wildman–Crippen LogP) is 5.74. The average Bonchev–Trinajstić information content (AvgIpc) is 2.47. The maximum atomic E-state index is 6.22. The number of aliphatic imine (C=N–C) groups is 1. The summed E-state index contributed by atoms with van der Waals surface area (Å²) in [6.07, 6.45) is 8.29. The Labute approximate surface area is 154 Å². The van der Waals surface area contributed by atoms with E-state index in [0.29, 0.717) is 12.0 Å². The van der Waals surface area contributed by atoms with E-state index in [0.717, 1.165) is 27.7 Å². The molecule has 0 unspecified atom stereocenters. The van der Waals surface area contributed by atoms with Crippen LogP contribution in [0.4, 0.5) is 0 Å². The van der Waals surface area contributed by atoms with E-state index in [2.05, 4.69) is 65.9 Å². The molecule has 0 aromatic heterocycles. The summed E-state index contributed by atoms with van der Waals surface area (Å²) in [5.41, 5.74) is 0.989. The SMILES string of the molecule is C=C(N=Cc1cc(I)ccc1OC1CCCCC1)O[Si](C)(C)C. The smallest absolute Gasteiger partial charge is 0.244 e. The molecule has 1 fully saturated rings. The van der Waals surface area contributed by atoms with Crippen LogP contribution < -0.4 is 4.74 Å². The summed E-state index contributed by atoms with van der Waals surface area (Å²) < 4.78 is 13.2. The summed E-state index contributed by atoms with van der Waals surface area (Å²) in [4.78, 5) is 4.38. The van der Waals surface area contributed by atoms with E-state index in [4.69, 9.17) is 9.16 Å². The number of ether oxygens (including phenoxy) is 1. The fourth-order valence-corrected chi connectivity index (χ4v) is 3.89. The maximum Gasteiger partial charge on any atom is 0.244 e. The second-order valence-corrected chi connectivity index (χ2v) is 12.6. The van der Waals surface area contributed by atoms with Crippen molar-refractivity contribution >= 4 is 37.1 Å². The number of hydrogen-bond donors (Lipinski definition) is 0. The van der Waals surface area contributed by atoms with Gasteiger partial charge in [0.25, 0.3) is 0 Å². The van der Waals surface area contributed by atoms with Crippen molar-refractivity contribution in [3.63, 3.8) is 0 Å². The lowest BCUT2D eigenvalue weighted by atomic mass is 9.98. The highest BCUT2D eigenvalue weighted by Crippen LogP contribution is 2.26. The van der Waals surface area contributed by atoms with Gasteiger partial charge in [0.2, 0.25) is 8.32 Å². The van der Waals surface area contributed by atoms with Crippen molar-refractivity contribution < 1.29 is 9.16 Å². The Morgan fingerprint density at radius 3 is 2.61 bits per heavy atom. The Kier molecular flexibility index (Phi) is 6.70. The van der Waals surface area contributed by atoms with Crippen molar-refractivity contribution in [1.82, 2.24) is 0 Å². The first kappa shape index (κ1) is 18.5. The maximum absolute atomic E-state index is 6.22. The molecule has 1 aromatic rings. The molecule has 23 heavy (non-hydrogen) atoms. The molecule has 0 N–H and O–H groups in total. The minimum absolute atomic E-state index is 0.331. The van der Waals surface area contributed by atoms with E-state index in [1.807, 2.05) is 12.3 Å². The molecule has 0 spiro atoms. The van der Waals surface area contributed by atoms with Crippen LogP contribution in [0.1, 0.15) is 37.7 Å². The van der Waals surface area contributed by atoms with Crippen molar-refractivity contribution in [2.24, 2.45) is 4.99 Å². The highest BCUT2D eigenvalue weighted by Gasteiger charge is 2.17. The van der Waals surface area contributed by atoms with E-state index in [1.54, 1.807) is 0 Å². The average molecular weight is 443 g/mol. The summed E-state index contributed by atoms with van der Waals surface area (Å²) in [7, 11) is -1.66. The van der Waals surface area contributed by atoms with Crippen molar-refractivity contribution in [3.8, 4) is 5.75 Å². The van der Waals surface area contributed by atoms with Gasteiger partial charge in [-0.2, -0.15) is 0 Å². The monoisotopic (exact) mass is 443 g/mol. The number of benzene rings is 1. The lowest BCUT2D eigenvalue weighted by Gasteiger charge is -2.24. The van der Waals surface area contributed by atoms with E-state index in [1.165, 1.54) is 19.3 Å². The van der Waals surface area contributed by atoms with Gasteiger partial charge in [-0.05, 0) is 92.7 Å². The van der Waals surface area contributed by atoms with E-state index < -0.39 is 8.32 Å². The molecule has 3 nitrogen and oxygen atoms in total. The first-order chi connectivity index (χ1) is 10.8. The highest BCUT2D eigenvalue weighted by atomic mass is 127. The van der Waals surface area contributed by atoms with Crippen molar-refractivity contribution in [2.45, 2.75) is 57.8 Å². The molecule has 1 saturated carbocycles. The van der Waals surface area contributed by atoms with Crippen LogP contribution in [-0.4, -0.2) is 20.6 Å². The lowest BCUT2D eigenvalue weighted by Crippen LogP contribution is -2.24. The van der Waals surface area contributed by atoms with Crippen molar-refractivity contribution in [1.29, 1.82) is 0 Å². The minimum atomic E-state index is -1.66. The minimum Gasteiger partial charge on any atom is -0.532 e. The molecule has 0 heterocycles. The Morgan fingerprint density at radius 2 is 1.96 bits per heavy atom. The summed E-state index contributed by atoms with van der Waals surface area (Å²) in [5.74, 6) is 1.38. The standard InChI is InChI=1S/C18H26INO2Si/c1-14(22-23(2,3)4)20-13-15-12-16(19)10-11-18(15)21-17-8-6-5-7-9-17/h10-13,17H,1,5-9H2,2-4H3. The Balaban J connectivity index is 2.10. The molecule has 0 radical (unpaired) electrons.